The van der Waals surface area contributed by atoms with E-state index in [1.807, 2.05) is 13.8 Å². The minimum absolute atomic E-state index is 0.124. The van der Waals surface area contributed by atoms with Gasteiger partial charge in [-0.25, -0.2) is 0 Å². The molecule has 1 unspecified atom stereocenters. The lowest BCUT2D eigenvalue weighted by molar-refractivity contribution is -0.139. The minimum Gasteiger partial charge on any atom is -0.519 e. The van der Waals surface area contributed by atoms with E-state index in [-0.39, 0.29) is 5.97 Å². The van der Waals surface area contributed by atoms with Gasteiger partial charge >= 0.3 is 9.28 Å². The van der Waals surface area contributed by atoms with Crippen LogP contribution in [0.15, 0.2) is 0 Å². The third-order valence-electron chi connectivity index (χ3n) is 4.67. The molecule has 0 aromatic rings. The van der Waals surface area contributed by atoms with Crippen LogP contribution in [0.4, 0.5) is 0 Å². The highest BCUT2D eigenvalue weighted by molar-refractivity contribution is 6.74. The molecule has 4 nitrogen and oxygen atoms in total. The van der Waals surface area contributed by atoms with Crippen LogP contribution in [0.2, 0.25) is 23.7 Å². The van der Waals surface area contributed by atoms with Crippen molar-refractivity contribution in [1.29, 1.82) is 0 Å². The molecule has 0 N–H and O–H groups in total. The third-order valence-corrected chi connectivity index (χ3v) is 10.1. The van der Waals surface area contributed by atoms with Gasteiger partial charge in [0.05, 0.1) is 0 Å². The molecule has 6 heteroatoms. The molecule has 1 atom stereocenters. The molecule has 0 amide bonds. The number of hydrogen-bond donors (Lipinski definition) is 0. The molecule has 1 aliphatic rings. The fourth-order valence-electron chi connectivity index (χ4n) is 2.96. The summed E-state index contributed by atoms with van der Waals surface area (Å²) < 4.78 is 16.8. The molecule has 1 fully saturated rings. The summed E-state index contributed by atoms with van der Waals surface area (Å²) in [6, 6.07) is 0. The first kappa shape index (κ1) is 17.9. The van der Waals surface area contributed by atoms with Gasteiger partial charge in [-0.2, -0.15) is 0 Å². The smallest absolute Gasteiger partial charge is 0.402 e. The molecule has 20 heavy (non-hydrogen) atoms. The molecule has 0 saturated heterocycles. The fourth-order valence-corrected chi connectivity index (χ4v) is 7.31. The molecule has 1 rings (SSSR count). The van der Waals surface area contributed by atoms with Crippen LogP contribution in [-0.2, 0) is 18.1 Å². The van der Waals surface area contributed by atoms with Crippen LogP contribution in [-0.4, -0.2) is 37.8 Å². The predicted octanol–water partition coefficient (Wildman–Crippen LogP) is 3.63. The Morgan fingerprint density at radius 2 is 1.75 bits per heavy atom. The Labute approximate surface area is 126 Å². The van der Waals surface area contributed by atoms with E-state index in [9.17, 15) is 4.79 Å². The predicted molar refractivity (Wildman–Crippen MR) is 84.2 cm³/mol. The van der Waals surface area contributed by atoms with E-state index in [0.29, 0.717) is 12.0 Å². The average molecular weight is 318 g/mol. The highest BCUT2D eigenvalue weighted by Crippen LogP contribution is 2.42. The molecule has 117 valence electrons. The summed E-state index contributed by atoms with van der Waals surface area (Å²) in [5.74, 6) is -0.124. The topological polar surface area (TPSA) is 44.8 Å². The SMILES string of the molecule is CCC(C)(C(=O)O[Si](C)(C)C1CCCC1)[Si](OC)OC. The Morgan fingerprint density at radius 1 is 1.25 bits per heavy atom. The standard InChI is InChI=1S/C14H29O4Si2/c1-7-14(2,19(16-3)17-4)13(15)18-20(5,6)12-10-8-9-11-12/h12H,7-11H2,1-6H3. The zero-order valence-electron chi connectivity index (χ0n) is 13.7. The number of carbonyl (C=O) groups excluding carboxylic acids is 1. The van der Waals surface area contributed by atoms with Crippen LogP contribution in [0, 0.1) is 0 Å². The van der Waals surface area contributed by atoms with Gasteiger partial charge in [0.1, 0.15) is 5.04 Å². The van der Waals surface area contributed by atoms with Gasteiger partial charge in [-0.1, -0.05) is 19.8 Å². The molecule has 1 aliphatic carbocycles. The van der Waals surface area contributed by atoms with Crippen LogP contribution in [0.1, 0.15) is 46.0 Å². The maximum absolute atomic E-state index is 12.7. The second-order valence-corrected chi connectivity index (χ2v) is 13.1. The van der Waals surface area contributed by atoms with E-state index in [0.717, 1.165) is 0 Å². The lowest BCUT2D eigenvalue weighted by Crippen LogP contribution is -2.47. The van der Waals surface area contributed by atoms with Gasteiger partial charge in [-0.15, -0.1) is 0 Å². The molecule has 0 spiro atoms. The van der Waals surface area contributed by atoms with Crippen molar-refractivity contribution in [3.8, 4) is 0 Å². The van der Waals surface area contributed by atoms with Crippen LogP contribution >= 0.6 is 0 Å². The van der Waals surface area contributed by atoms with Crippen molar-refractivity contribution in [3.05, 3.63) is 0 Å². The van der Waals surface area contributed by atoms with Gasteiger partial charge in [0.15, 0.2) is 0 Å². The third kappa shape index (κ3) is 3.72. The van der Waals surface area contributed by atoms with E-state index in [4.69, 9.17) is 13.3 Å². The summed E-state index contributed by atoms with van der Waals surface area (Å²) in [7, 11) is -0.413. The Morgan fingerprint density at radius 3 is 2.15 bits per heavy atom. The zero-order chi connectivity index (χ0) is 15.4. The second-order valence-electron chi connectivity index (χ2n) is 6.36. The molecule has 1 radical (unpaired) electrons. The van der Waals surface area contributed by atoms with E-state index in [1.54, 1.807) is 14.2 Å². The van der Waals surface area contributed by atoms with E-state index < -0.39 is 22.6 Å². The Kier molecular flexibility index (Phi) is 6.43. The average Bonchev–Trinajstić information content (AvgIpc) is 2.93. The van der Waals surface area contributed by atoms with E-state index in [2.05, 4.69) is 13.1 Å². The van der Waals surface area contributed by atoms with Gasteiger partial charge in [0.2, 0.25) is 0 Å². The van der Waals surface area contributed by atoms with Gasteiger partial charge in [0.25, 0.3) is 14.3 Å². The lowest BCUT2D eigenvalue weighted by Gasteiger charge is -2.35. The van der Waals surface area contributed by atoms with Crippen molar-refractivity contribution in [3.63, 3.8) is 0 Å². The summed E-state index contributed by atoms with van der Waals surface area (Å²) in [4.78, 5) is 12.7. The number of carbonyl (C=O) groups is 1. The monoisotopic (exact) mass is 317 g/mol. The molecule has 0 bridgehead atoms. The molecule has 0 aliphatic heterocycles. The number of rotatable bonds is 7. The van der Waals surface area contributed by atoms with Gasteiger partial charge < -0.3 is 13.3 Å². The van der Waals surface area contributed by atoms with Gasteiger partial charge in [0, 0.05) is 14.2 Å². The summed E-state index contributed by atoms with van der Waals surface area (Å²) >= 11 is 0. The first-order valence-corrected chi connectivity index (χ1v) is 11.8. The van der Waals surface area contributed by atoms with Crippen molar-refractivity contribution < 1.29 is 18.1 Å². The molecule has 0 aromatic heterocycles. The Balaban J connectivity index is 2.80. The molecule has 0 heterocycles. The highest BCUT2D eigenvalue weighted by atomic mass is 28.4. The summed E-state index contributed by atoms with van der Waals surface area (Å²) in [6.07, 6.45) is 5.64. The summed E-state index contributed by atoms with van der Waals surface area (Å²) in [5, 5.41) is -0.642. The lowest BCUT2D eigenvalue weighted by atomic mass is 10.1. The molecular formula is C14H29O4Si2. The highest BCUT2D eigenvalue weighted by Gasteiger charge is 2.49. The van der Waals surface area contributed by atoms with E-state index in [1.165, 1.54) is 25.7 Å². The minimum atomic E-state index is -1.98. The first-order chi connectivity index (χ1) is 9.31. The van der Waals surface area contributed by atoms with Crippen molar-refractivity contribution in [2.24, 2.45) is 0 Å². The quantitative estimate of drug-likeness (QED) is 0.673. The van der Waals surface area contributed by atoms with Crippen molar-refractivity contribution in [2.75, 3.05) is 14.2 Å². The Bertz CT molecular complexity index is 325. The molecular weight excluding hydrogens is 288 g/mol. The fraction of sp³-hybridized carbons (Fsp3) is 0.929. The van der Waals surface area contributed by atoms with Crippen LogP contribution in [0.3, 0.4) is 0 Å². The normalized spacial score (nSPS) is 20.1. The molecule has 1 saturated carbocycles. The first-order valence-electron chi connectivity index (χ1n) is 7.50. The maximum atomic E-state index is 12.7. The summed E-state index contributed by atoms with van der Waals surface area (Å²) in [5.41, 5.74) is 0.605. The van der Waals surface area contributed by atoms with Crippen molar-refractivity contribution >= 4 is 23.6 Å². The van der Waals surface area contributed by atoms with Crippen molar-refractivity contribution in [1.82, 2.24) is 0 Å². The molecule has 0 aromatic carbocycles. The van der Waals surface area contributed by atoms with Crippen LogP contribution in [0.5, 0.6) is 0 Å². The summed E-state index contributed by atoms with van der Waals surface area (Å²) in [6.45, 7) is 8.25. The van der Waals surface area contributed by atoms with Gasteiger partial charge in [-0.05, 0) is 44.8 Å². The number of hydrogen-bond acceptors (Lipinski definition) is 4. The largest absolute Gasteiger partial charge is 0.519 e. The van der Waals surface area contributed by atoms with Crippen LogP contribution in [0.25, 0.3) is 0 Å². The van der Waals surface area contributed by atoms with E-state index >= 15 is 0 Å². The van der Waals surface area contributed by atoms with Crippen molar-refractivity contribution in [2.45, 2.75) is 69.6 Å². The Hall–Kier alpha value is -0.176. The second kappa shape index (κ2) is 7.20. The maximum Gasteiger partial charge on any atom is 0.402 e. The zero-order valence-corrected chi connectivity index (χ0v) is 15.7. The van der Waals surface area contributed by atoms with Crippen LogP contribution < -0.4 is 0 Å². The van der Waals surface area contributed by atoms with Gasteiger partial charge in [-0.3, -0.25) is 4.79 Å².